The van der Waals surface area contributed by atoms with Crippen molar-refractivity contribution in [2.45, 2.75) is 25.8 Å². The first-order valence-electron chi connectivity index (χ1n) is 9.87. The summed E-state index contributed by atoms with van der Waals surface area (Å²) in [6.07, 6.45) is 4.93. The van der Waals surface area contributed by atoms with Crippen molar-refractivity contribution < 1.29 is 9.53 Å². The quantitative estimate of drug-likeness (QED) is 0.692. The summed E-state index contributed by atoms with van der Waals surface area (Å²) < 4.78 is 7.21. The Morgan fingerprint density at radius 2 is 1.93 bits per heavy atom. The number of piperidine rings is 1. The molecule has 1 aliphatic rings. The minimum absolute atomic E-state index is 0.0155. The van der Waals surface area contributed by atoms with Crippen LogP contribution in [-0.2, 0) is 4.79 Å². The first kappa shape index (κ1) is 19.1. The molecule has 150 valence electrons. The summed E-state index contributed by atoms with van der Waals surface area (Å²) in [6, 6.07) is 13.7. The molecule has 29 heavy (non-hydrogen) atoms. The van der Waals surface area contributed by atoms with Gasteiger partial charge in [-0.2, -0.15) is 0 Å². The van der Waals surface area contributed by atoms with Gasteiger partial charge in [0.05, 0.1) is 18.1 Å². The number of ether oxygens (including phenoxy) is 1. The van der Waals surface area contributed by atoms with Crippen molar-refractivity contribution >= 4 is 23.0 Å². The number of aromatic nitrogens is 2. The number of methoxy groups -OCH3 is 1. The van der Waals surface area contributed by atoms with Gasteiger partial charge in [-0.05, 0) is 50.1 Å². The maximum atomic E-state index is 12.7. The molecule has 6 nitrogen and oxygen atoms in total. The zero-order valence-electron chi connectivity index (χ0n) is 16.7. The third-order valence-corrected chi connectivity index (χ3v) is 5.56. The number of fused-ring (bicyclic) bond motifs is 1. The Morgan fingerprint density at radius 3 is 2.69 bits per heavy atom. The maximum Gasteiger partial charge on any atom is 0.326 e. The van der Waals surface area contributed by atoms with Crippen molar-refractivity contribution in [1.82, 2.24) is 14.5 Å². The number of benzene rings is 2. The molecule has 0 unspecified atom stereocenters. The number of para-hydroxylation sites is 2. The molecule has 4 rings (SSSR count). The van der Waals surface area contributed by atoms with Crippen molar-refractivity contribution in [3.05, 3.63) is 70.2 Å². The van der Waals surface area contributed by atoms with Gasteiger partial charge in [0.2, 0.25) is 5.91 Å². The molecule has 1 amide bonds. The number of imidazole rings is 1. The molecule has 0 spiro atoms. The van der Waals surface area contributed by atoms with Gasteiger partial charge in [0.25, 0.3) is 0 Å². The highest BCUT2D eigenvalue weighted by molar-refractivity contribution is 5.92. The fourth-order valence-electron chi connectivity index (χ4n) is 4.03. The van der Waals surface area contributed by atoms with Crippen LogP contribution in [0.3, 0.4) is 0 Å². The average Bonchev–Trinajstić information content (AvgIpc) is 3.08. The molecule has 0 aliphatic carbocycles. The third-order valence-electron chi connectivity index (χ3n) is 5.56. The van der Waals surface area contributed by atoms with E-state index in [1.165, 1.54) is 0 Å². The average molecular weight is 391 g/mol. The van der Waals surface area contributed by atoms with Crippen LogP contribution in [-0.4, -0.2) is 40.6 Å². The van der Waals surface area contributed by atoms with Gasteiger partial charge in [-0.1, -0.05) is 23.8 Å². The summed E-state index contributed by atoms with van der Waals surface area (Å²) in [5, 5.41) is 0. The Labute approximate surface area is 169 Å². The molecule has 2 aromatic carbocycles. The van der Waals surface area contributed by atoms with E-state index in [4.69, 9.17) is 4.74 Å². The van der Waals surface area contributed by atoms with Crippen LogP contribution >= 0.6 is 0 Å². The Balaban J connectivity index is 1.44. The first-order chi connectivity index (χ1) is 14.1. The fourth-order valence-corrected chi connectivity index (χ4v) is 4.03. The number of carbonyl (C=O) groups excluding carboxylic acids is 1. The number of hydrogen-bond donors (Lipinski definition) is 1. The van der Waals surface area contributed by atoms with Crippen LogP contribution in [0.1, 0.15) is 30.0 Å². The van der Waals surface area contributed by atoms with Gasteiger partial charge in [-0.3, -0.25) is 9.36 Å². The maximum absolute atomic E-state index is 12.7. The SMILES string of the molecule is COc1ccc(C)cc1/C=C/C(=O)N1CCC(n2c(=O)[nH]c3ccccc32)CC1. The second-order valence-electron chi connectivity index (χ2n) is 7.45. The fraction of sp³-hybridized carbons (Fsp3) is 0.304. The Morgan fingerprint density at radius 1 is 1.17 bits per heavy atom. The lowest BCUT2D eigenvalue weighted by Gasteiger charge is -2.32. The lowest BCUT2D eigenvalue weighted by atomic mass is 10.0. The number of aromatic amines is 1. The van der Waals surface area contributed by atoms with E-state index >= 15 is 0 Å². The first-order valence-corrected chi connectivity index (χ1v) is 9.87. The van der Waals surface area contributed by atoms with E-state index in [2.05, 4.69) is 4.98 Å². The van der Waals surface area contributed by atoms with Crippen LogP contribution in [0, 0.1) is 6.92 Å². The number of amides is 1. The normalized spacial score (nSPS) is 15.3. The van der Waals surface area contributed by atoms with Crippen molar-refractivity contribution in [3.8, 4) is 5.75 Å². The van der Waals surface area contributed by atoms with Gasteiger partial charge in [-0.25, -0.2) is 4.79 Å². The summed E-state index contributed by atoms with van der Waals surface area (Å²) in [5.41, 5.74) is 3.70. The molecule has 3 aromatic rings. The van der Waals surface area contributed by atoms with Gasteiger partial charge in [0.1, 0.15) is 5.75 Å². The molecule has 1 saturated heterocycles. The van der Waals surface area contributed by atoms with Crippen LogP contribution < -0.4 is 10.4 Å². The van der Waals surface area contributed by atoms with Gasteiger partial charge < -0.3 is 14.6 Å². The summed E-state index contributed by atoms with van der Waals surface area (Å²) >= 11 is 0. The van der Waals surface area contributed by atoms with Crippen molar-refractivity contribution in [1.29, 1.82) is 0 Å². The van der Waals surface area contributed by atoms with Crippen LogP contribution in [0.4, 0.5) is 0 Å². The highest BCUT2D eigenvalue weighted by atomic mass is 16.5. The predicted octanol–water partition coefficient (Wildman–Crippen LogP) is 3.52. The van der Waals surface area contributed by atoms with Crippen LogP contribution in [0.5, 0.6) is 5.75 Å². The standard InChI is InChI=1S/C23H25N3O3/c1-16-7-9-21(29-2)17(15-16)8-10-22(27)25-13-11-18(12-14-25)26-20-6-4-3-5-19(20)24-23(26)28/h3-10,15,18H,11-14H2,1-2H3,(H,24,28)/b10-8+. The minimum atomic E-state index is -0.0811. The lowest BCUT2D eigenvalue weighted by Crippen LogP contribution is -2.39. The van der Waals surface area contributed by atoms with E-state index in [1.54, 1.807) is 13.2 Å². The summed E-state index contributed by atoms with van der Waals surface area (Å²) in [4.78, 5) is 29.8. The summed E-state index contributed by atoms with van der Waals surface area (Å²) in [6.45, 7) is 3.27. The summed E-state index contributed by atoms with van der Waals surface area (Å²) in [7, 11) is 1.63. The van der Waals surface area contributed by atoms with Crippen molar-refractivity contribution in [2.24, 2.45) is 0 Å². The van der Waals surface area contributed by atoms with Gasteiger partial charge >= 0.3 is 5.69 Å². The van der Waals surface area contributed by atoms with E-state index < -0.39 is 0 Å². The molecule has 6 heteroatoms. The number of H-pyrrole nitrogens is 1. The number of carbonyl (C=O) groups is 1. The highest BCUT2D eigenvalue weighted by Gasteiger charge is 2.25. The monoisotopic (exact) mass is 391 g/mol. The van der Waals surface area contributed by atoms with Crippen molar-refractivity contribution in [2.75, 3.05) is 20.2 Å². The number of likely N-dealkylation sites (tertiary alicyclic amines) is 1. The van der Waals surface area contributed by atoms with Gasteiger partial charge in [0.15, 0.2) is 0 Å². The zero-order valence-corrected chi connectivity index (χ0v) is 16.7. The topological polar surface area (TPSA) is 67.3 Å². The van der Waals surface area contributed by atoms with E-state index in [0.717, 1.165) is 40.8 Å². The largest absolute Gasteiger partial charge is 0.496 e. The van der Waals surface area contributed by atoms with Crippen LogP contribution in [0.25, 0.3) is 17.1 Å². The zero-order chi connectivity index (χ0) is 20.4. The molecule has 1 fully saturated rings. The molecule has 0 radical (unpaired) electrons. The molecular weight excluding hydrogens is 366 g/mol. The predicted molar refractivity (Wildman–Crippen MR) is 114 cm³/mol. The van der Waals surface area contributed by atoms with E-state index in [9.17, 15) is 9.59 Å². The molecule has 0 atom stereocenters. The Kier molecular flexibility index (Phi) is 5.25. The molecule has 1 N–H and O–H groups in total. The van der Waals surface area contributed by atoms with E-state index in [0.29, 0.717) is 13.1 Å². The molecule has 1 aliphatic heterocycles. The lowest BCUT2D eigenvalue weighted by molar-refractivity contribution is -0.127. The smallest absolute Gasteiger partial charge is 0.326 e. The van der Waals surface area contributed by atoms with Gasteiger partial charge in [0, 0.05) is 30.8 Å². The highest BCUT2D eigenvalue weighted by Crippen LogP contribution is 2.25. The second-order valence-corrected chi connectivity index (χ2v) is 7.45. The van der Waals surface area contributed by atoms with Crippen LogP contribution in [0.15, 0.2) is 53.3 Å². The van der Waals surface area contributed by atoms with E-state index in [1.807, 2.05) is 64.9 Å². The molecule has 0 bridgehead atoms. The van der Waals surface area contributed by atoms with Gasteiger partial charge in [-0.15, -0.1) is 0 Å². The minimum Gasteiger partial charge on any atom is -0.496 e. The molecule has 1 aromatic heterocycles. The van der Waals surface area contributed by atoms with Crippen molar-refractivity contribution in [3.63, 3.8) is 0 Å². The molecular formula is C23H25N3O3. The summed E-state index contributed by atoms with van der Waals surface area (Å²) in [5.74, 6) is 0.732. The Hall–Kier alpha value is -3.28. The second kappa shape index (κ2) is 7.99. The number of rotatable bonds is 4. The number of aryl methyl sites for hydroxylation is 1. The van der Waals surface area contributed by atoms with Crippen LogP contribution in [0.2, 0.25) is 0 Å². The number of nitrogens with one attached hydrogen (secondary N) is 1. The Bertz CT molecular complexity index is 1120. The van der Waals surface area contributed by atoms with E-state index in [-0.39, 0.29) is 17.6 Å². The number of hydrogen-bond acceptors (Lipinski definition) is 3. The molecule has 2 heterocycles. The molecule has 0 saturated carbocycles. The third kappa shape index (κ3) is 3.83. The number of nitrogens with zero attached hydrogens (tertiary/aromatic N) is 2.